The van der Waals surface area contributed by atoms with Crippen molar-refractivity contribution in [2.24, 2.45) is 5.73 Å². The van der Waals surface area contributed by atoms with Gasteiger partial charge in [-0.1, -0.05) is 42.5 Å². The monoisotopic (exact) mass is 420 g/mol. The van der Waals surface area contributed by atoms with E-state index in [1.54, 1.807) is 30.3 Å². The molecular formula is C23H24N4O4. The van der Waals surface area contributed by atoms with Crippen LogP contribution in [-0.4, -0.2) is 23.9 Å². The maximum atomic E-state index is 13.0. The molecule has 4 amide bonds. The number of hydrogen-bond donors (Lipinski definition) is 4. The van der Waals surface area contributed by atoms with E-state index in [9.17, 15) is 14.4 Å². The summed E-state index contributed by atoms with van der Waals surface area (Å²) < 4.78 is 5.13. The molecule has 2 unspecified atom stereocenters. The highest BCUT2D eigenvalue weighted by Crippen LogP contribution is 2.17. The summed E-state index contributed by atoms with van der Waals surface area (Å²) in [6.07, 6.45) is 1.73. The van der Waals surface area contributed by atoms with Crippen LogP contribution in [0.4, 0.5) is 10.5 Å². The van der Waals surface area contributed by atoms with Gasteiger partial charge in [0.15, 0.2) is 5.76 Å². The van der Waals surface area contributed by atoms with Crippen LogP contribution in [0.5, 0.6) is 0 Å². The first kappa shape index (κ1) is 21.6. The molecule has 0 fully saturated rings. The predicted octanol–water partition coefficient (Wildman–Crippen LogP) is 2.99. The summed E-state index contributed by atoms with van der Waals surface area (Å²) in [5.74, 6) is -0.650. The number of primary amides is 1. The molecule has 31 heavy (non-hydrogen) atoms. The van der Waals surface area contributed by atoms with Crippen LogP contribution >= 0.6 is 0 Å². The zero-order valence-electron chi connectivity index (χ0n) is 17.0. The van der Waals surface area contributed by atoms with Gasteiger partial charge in [0.25, 0.3) is 5.91 Å². The molecule has 0 aliphatic carbocycles. The minimum absolute atomic E-state index is 0.136. The number of carbonyl (C=O) groups is 3. The standard InChI is InChI=1S/C23H24N4O4/c1-15(17-9-11-18(12-10-17)26-23(24)30)25-21(28)19(14-16-6-3-2-4-7-16)27-22(29)20-8-5-13-31-20/h2-13,15,19H,14H2,1H3,(H,25,28)(H,27,29)(H3,24,26,30). The average molecular weight is 420 g/mol. The molecule has 0 aliphatic rings. The molecule has 160 valence electrons. The van der Waals surface area contributed by atoms with Crippen molar-refractivity contribution in [3.63, 3.8) is 0 Å². The zero-order chi connectivity index (χ0) is 22.2. The number of carbonyl (C=O) groups excluding carboxylic acids is 3. The van der Waals surface area contributed by atoms with Gasteiger partial charge < -0.3 is 26.1 Å². The Morgan fingerprint density at radius 3 is 2.26 bits per heavy atom. The van der Waals surface area contributed by atoms with E-state index >= 15 is 0 Å². The molecule has 2 aromatic carbocycles. The Labute approximate surface area is 179 Å². The molecule has 3 aromatic rings. The molecule has 0 spiro atoms. The third kappa shape index (κ3) is 6.20. The van der Waals surface area contributed by atoms with Crippen LogP contribution in [0, 0.1) is 0 Å². The lowest BCUT2D eigenvalue weighted by Crippen LogP contribution is -2.48. The highest BCUT2D eigenvalue weighted by Gasteiger charge is 2.24. The molecule has 1 aromatic heterocycles. The number of amides is 4. The van der Waals surface area contributed by atoms with Crippen LogP contribution in [0.3, 0.4) is 0 Å². The third-order valence-corrected chi connectivity index (χ3v) is 4.69. The van der Waals surface area contributed by atoms with Crippen LogP contribution in [0.25, 0.3) is 0 Å². The Morgan fingerprint density at radius 2 is 1.65 bits per heavy atom. The number of nitrogens with one attached hydrogen (secondary N) is 3. The maximum Gasteiger partial charge on any atom is 0.316 e. The van der Waals surface area contributed by atoms with Crippen LogP contribution in [0.2, 0.25) is 0 Å². The Bertz CT molecular complexity index is 1020. The molecule has 8 heteroatoms. The van der Waals surface area contributed by atoms with Gasteiger partial charge in [0.2, 0.25) is 5.91 Å². The second-order valence-corrected chi connectivity index (χ2v) is 7.03. The molecule has 2 atom stereocenters. The normalized spacial score (nSPS) is 12.4. The summed E-state index contributed by atoms with van der Waals surface area (Å²) in [5, 5.41) is 8.17. The smallest absolute Gasteiger partial charge is 0.316 e. The molecule has 0 bridgehead atoms. The molecule has 0 saturated carbocycles. The Balaban J connectivity index is 1.70. The molecule has 1 heterocycles. The van der Waals surface area contributed by atoms with E-state index in [-0.39, 0.29) is 17.7 Å². The lowest BCUT2D eigenvalue weighted by atomic mass is 10.0. The van der Waals surface area contributed by atoms with Gasteiger partial charge >= 0.3 is 6.03 Å². The van der Waals surface area contributed by atoms with Gasteiger partial charge in [0.05, 0.1) is 12.3 Å². The van der Waals surface area contributed by atoms with E-state index in [0.717, 1.165) is 11.1 Å². The second-order valence-electron chi connectivity index (χ2n) is 7.03. The molecule has 5 N–H and O–H groups in total. The first-order valence-corrected chi connectivity index (χ1v) is 9.77. The highest BCUT2D eigenvalue weighted by atomic mass is 16.3. The quantitative estimate of drug-likeness (QED) is 0.447. The second kappa shape index (κ2) is 10.1. The lowest BCUT2D eigenvalue weighted by Gasteiger charge is -2.21. The van der Waals surface area contributed by atoms with Crippen molar-refractivity contribution in [1.82, 2.24) is 10.6 Å². The van der Waals surface area contributed by atoms with Gasteiger partial charge in [-0.15, -0.1) is 0 Å². The van der Waals surface area contributed by atoms with Crippen LogP contribution in [0.15, 0.2) is 77.4 Å². The van der Waals surface area contributed by atoms with Crippen LogP contribution < -0.4 is 21.7 Å². The van der Waals surface area contributed by atoms with Crippen LogP contribution in [0.1, 0.15) is 34.6 Å². The molecule has 0 aliphatic heterocycles. The Morgan fingerprint density at radius 1 is 0.935 bits per heavy atom. The third-order valence-electron chi connectivity index (χ3n) is 4.69. The van der Waals surface area contributed by atoms with E-state index in [0.29, 0.717) is 12.1 Å². The average Bonchev–Trinajstić information content (AvgIpc) is 3.29. The fourth-order valence-electron chi connectivity index (χ4n) is 3.09. The van der Waals surface area contributed by atoms with Gasteiger partial charge in [-0.3, -0.25) is 9.59 Å². The summed E-state index contributed by atoms with van der Waals surface area (Å²) in [6, 6.07) is 17.8. The van der Waals surface area contributed by atoms with Gasteiger partial charge in [0.1, 0.15) is 6.04 Å². The number of nitrogens with two attached hydrogens (primary N) is 1. The Hall–Kier alpha value is -4.07. The van der Waals surface area contributed by atoms with Crippen molar-refractivity contribution in [2.75, 3.05) is 5.32 Å². The predicted molar refractivity (Wildman–Crippen MR) is 116 cm³/mol. The number of rotatable bonds is 8. The number of anilines is 1. The first-order chi connectivity index (χ1) is 14.9. The Kier molecular flexibility index (Phi) is 7.05. The topological polar surface area (TPSA) is 126 Å². The van der Waals surface area contributed by atoms with E-state index in [1.165, 1.54) is 12.3 Å². The van der Waals surface area contributed by atoms with Crippen molar-refractivity contribution < 1.29 is 18.8 Å². The van der Waals surface area contributed by atoms with Crippen molar-refractivity contribution in [1.29, 1.82) is 0 Å². The summed E-state index contributed by atoms with van der Waals surface area (Å²) in [6.45, 7) is 1.84. The summed E-state index contributed by atoms with van der Waals surface area (Å²) in [7, 11) is 0. The van der Waals surface area contributed by atoms with E-state index < -0.39 is 18.0 Å². The summed E-state index contributed by atoms with van der Waals surface area (Å²) in [4.78, 5) is 36.4. The number of urea groups is 1. The van der Waals surface area contributed by atoms with E-state index in [4.69, 9.17) is 10.2 Å². The van der Waals surface area contributed by atoms with Crippen molar-refractivity contribution in [3.8, 4) is 0 Å². The van der Waals surface area contributed by atoms with E-state index in [2.05, 4.69) is 16.0 Å². The summed E-state index contributed by atoms with van der Waals surface area (Å²) >= 11 is 0. The fraction of sp³-hybridized carbons (Fsp3) is 0.174. The molecule has 0 saturated heterocycles. The number of benzene rings is 2. The van der Waals surface area contributed by atoms with Gasteiger partial charge in [-0.05, 0) is 42.3 Å². The molecule has 8 nitrogen and oxygen atoms in total. The first-order valence-electron chi connectivity index (χ1n) is 9.77. The molecule has 3 rings (SSSR count). The van der Waals surface area contributed by atoms with Crippen LogP contribution in [-0.2, 0) is 11.2 Å². The van der Waals surface area contributed by atoms with Gasteiger partial charge in [-0.2, -0.15) is 0 Å². The molecular weight excluding hydrogens is 396 g/mol. The lowest BCUT2D eigenvalue weighted by molar-refractivity contribution is -0.123. The number of furan rings is 1. The van der Waals surface area contributed by atoms with Gasteiger partial charge in [-0.25, -0.2) is 4.79 Å². The minimum atomic E-state index is -0.793. The molecule has 0 radical (unpaired) electrons. The van der Waals surface area contributed by atoms with E-state index in [1.807, 2.05) is 37.3 Å². The summed E-state index contributed by atoms with van der Waals surface area (Å²) in [5.41, 5.74) is 7.42. The van der Waals surface area contributed by atoms with Crippen molar-refractivity contribution >= 4 is 23.5 Å². The SMILES string of the molecule is CC(NC(=O)C(Cc1ccccc1)NC(=O)c1ccco1)c1ccc(NC(N)=O)cc1. The zero-order valence-corrected chi connectivity index (χ0v) is 17.0. The maximum absolute atomic E-state index is 13.0. The highest BCUT2D eigenvalue weighted by molar-refractivity contribution is 5.95. The minimum Gasteiger partial charge on any atom is -0.459 e. The van der Waals surface area contributed by atoms with Gasteiger partial charge in [0, 0.05) is 12.1 Å². The van der Waals surface area contributed by atoms with Crippen molar-refractivity contribution in [2.45, 2.75) is 25.4 Å². The largest absolute Gasteiger partial charge is 0.459 e. The number of hydrogen-bond acceptors (Lipinski definition) is 4. The fourth-order valence-corrected chi connectivity index (χ4v) is 3.09. The van der Waals surface area contributed by atoms with Crippen molar-refractivity contribution in [3.05, 3.63) is 89.9 Å².